The van der Waals surface area contributed by atoms with Crippen molar-refractivity contribution < 1.29 is 0 Å². The third-order valence-corrected chi connectivity index (χ3v) is 6.21. The van der Waals surface area contributed by atoms with Crippen LogP contribution in [0.25, 0.3) is 0 Å². The number of aryl methyl sites for hydroxylation is 1. The molecule has 5 rings (SSSR count). The number of rotatable bonds is 5. The third kappa shape index (κ3) is 2.39. The first kappa shape index (κ1) is 13.7. The maximum atomic E-state index is 4.41. The highest BCUT2D eigenvalue weighted by molar-refractivity contribution is 5.07. The maximum Gasteiger partial charge on any atom is 0.176 e. The van der Waals surface area contributed by atoms with E-state index in [-0.39, 0.29) is 0 Å². The third-order valence-electron chi connectivity index (χ3n) is 6.21. The molecule has 5 heteroatoms. The fraction of sp³-hybridized carbons (Fsp3) is 0.938. The predicted octanol–water partition coefficient (Wildman–Crippen LogP) is 1.95. The lowest BCUT2D eigenvalue weighted by molar-refractivity contribution is -0.0737. The molecule has 0 radical (unpaired) electrons. The van der Waals surface area contributed by atoms with Gasteiger partial charge in [-0.25, -0.2) is 0 Å². The van der Waals surface area contributed by atoms with E-state index in [9.17, 15) is 0 Å². The van der Waals surface area contributed by atoms with Gasteiger partial charge in [-0.2, -0.15) is 4.80 Å². The van der Waals surface area contributed by atoms with Crippen molar-refractivity contribution in [1.29, 1.82) is 0 Å². The number of hydrogen-bond acceptors (Lipinski definition) is 4. The van der Waals surface area contributed by atoms with E-state index >= 15 is 0 Å². The summed E-state index contributed by atoms with van der Waals surface area (Å²) in [7, 11) is 1.85. The van der Waals surface area contributed by atoms with E-state index < -0.39 is 0 Å². The maximum absolute atomic E-state index is 4.41. The van der Waals surface area contributed by atoms with Crippen LogP contribution in [-0.4, -0.2) is 32.8 Å². The quantitative estimate of drug-likeness (QED) is 0.900. The fourth-order valence-corrected chi connectivity index (χ4v) is 5.94. The summed E-state index contributed by atoms with van der Waals surface area (Å²) in [5.74, 6) is 3.88. The van der Waals surface area contributed by atoms with Crippen LogP contribution in [0, 0.1) is 23.2 Å². The highest BCUT2D eigenvalue weighted by Crippen LogP contribution is 2.61. The Balaban J connectivity index is 1.58. The molecule has 1 aromatic rings. The Morgan fingerprint density at radius 1 is 1.19 bits per heavy atom. The fourth-order valence-electron chi connectivity index (χ4n) is 5.94. The highest BCUT2D eigenvalue weighted by Gasteiger charge is 2.54. The molecule has 21 heavy (non-hydrogen) atoms. The minimum Gasteiger partial charge on any atom is -0.313 e. The van der Waals surface area contributed by atoms with Gasteiger partial charge in [0.25, 0.3) is 0 Å². The molecule has 0 saturated heterocycles. The summed E-state index contributed by atoms with van der Waals surface area (Å²) in [5.41, 5.74) is 0.504. The largest absolute Gasteiger partial charge is 0.313 e. The lowest BCUT2D eigenvalue weighted by atomic mass is 9.47. The summed E-state index contributed by atoms with van der Waals surface area (Å²) < 4.78 is 0. The summed E-state index contributed by atoms with van der Waals surface area (Å²) in [6.45, 7) is 3.25. The highest BCUT2D eigenvalue weighted by atomic mass is 15.6. The van der Waals surface area contributed by atoms with Gasteiger partial charge < -0.3 is 5.32 Å². The molecule has 0 amide bonds. The van der Waals surface area contributed by atoms with Crippen LogP contribution in [0.3, 0.4) is 0 Å². The summed E-state index contributed by atoms with van der Waals surface area (Å²) in [6.07, 6.45) is 9.73. The van der Waals surface area contributed by atoms with Gasteiger partial charge in [-0.1, -0.05) is 6.92 Å². The van der Waals surface area contributed by atoms with Crippen LogP contribution in [0.4, 0.5) is 0 Å². The molecular weight excluding hydrogens is 262 g/mol. The number of nitrogens with zero attached hydrogens (tertiary/aromatic N) is 4. The predicted molar refractivity (Wildman–Crippen MR) is 80.6 cm³/mol. The summed E-state index contributed by atoms with van der Waals surface area (Å²) in [5, 5.41) is 16.4. The zero-order valence-corrected chi connectivity index (χ0v) is 13.3. The molecule has 4 fully saturated rings. The number of nitrogens with one attached hydrogen (secondary N) is 1. The Kier molecular flexibility index (Phi) is 3.28. The van der Waals surface area contributed by atoms with Gasteiger partial charge in [-0.05, 0) is 73.5 Å². The van der Waals surface area contributed by atoms with Gasteiger partial charge >= 0.3 is 0 Å². The van der Waals surface area contributed by atoms with Gasteiger partial charge in [0.1, 0.15) is 0 Å². The van der Waals surface area contributed by atoms with Crippen molar-refractivity contribution >= 4 is 0 Å². The second-order valence-electron chi connectivity index (χ2n) is 7.79. The van der Waals surface area contributed by atoms with E-state index in [1.165, 1.54) is 38.5 Å². The van der Waals surface area contributed by atoms with Gasteiger partial charge in [-0.3, -0.25) is 0 Å². The Hall–Kier alpha value is -0.970. The van der Waals surface area contributed by atoms with Gasteiger partial charge in [0.15, 0.2) is 5.82 Å². The Morgan fingerprint density at radius 3 is 2.29 bits per heavy atom. The molecule has 4 aliphatic carbocycles. The van der Waals surface area contributed by atoms with Crippen LogP contribution in [0.2, 0.25) is 0 Å². The molecule has 1 aromatic heterocycles. The monoisotopic (exact) mass is 289 g/mol. The van der Waals surface area contributed by atoms with Crippen molar-refractivity contribution in [3.05, 3.63) is 5.82 Å². The minimum absolute atomic E-state index is 0.504. The first-order chi connectivity index (χ1) is 10.2. The molecule has 0 spiro atoms. The van der Waals surface area contributed by atoms with E-state index in [2.05, 4.69) is 27.7 Å². The van der Waals surface area contributed by atoms with Crippen LogP contribution >= 0.6 is 0 Å². The Bertz CT molecular complexity index is 473. The Labute approximate surface area is 126 Å². The van der Waals surface area contributed by atoms with E-state index in [0.717, 1.165) is 36.5 Å². The standard InChI is InChI=1S/C16H27N5/c1-3-17-14(7-15-18-20-21(2)19-15)16-8-11-4-12(9-16)6-13(5-11)10-16/h11-14,17H,3-10H2,1-2H3. The van der Waals surface area contributed by atoms with Crippen molar-refractivity contribution in [2.45, 2.75) is 57.9 Å². The molecule has 5 nitrogen and oxygen atoms in total. The van der Waals surface area contributed by atoms with E-state index in [0.29, 0.717) is 11.5 Å². The molecule has 4 bridgehead atoms. The van der Waals surface area contributed by atoms with Crippen LogP contribution in [0.15, 0.2) is 0 Å². The van der Waals surface area contributed by atoms with Crippen molar-refractivity contribution in [3.63, 3.8) is 0 Å². The molecule has 4 aliphatic rings. The number of tetrazole rings is 1. The van der Waals surface area contributed by atoms with Gasteiger partial charge in [0, 0.05) is 12.5 Å². The van der Waals surface area contributed by atoms with Crippen molar-refractivity contribution in [2.24, 2.45) is 30.2 Å². The van der Waals surface area contributed by atoms with Crippen LogP contribution in [0.5, 0.6) is 0 Å². The summed E-state index contributed by atoms with van der Waals surface area (Å²) in [4.78, 5) is 1.58. The van der Waals surface area contributed by atoms with Gasteiger partial charge in [-0.15, -0.1) is 10.2 Å². The van der Waals surface area contributed by atoms with Crippen molar-refractivity contribution in [2.75, 3.05) is 6.54 Å². The molecule has 4 saturated carbocycles. The summed E-state index contributed by atoms with van der Waals surface area (Å²) >= 11 is 0. The van der Waals surface area contributed by atoms with Gasteiger partial charge in [0.05, 0.1) is 7.05 Å². The molecule has 1 atom stereocenters. The first-order valence-corrected chi connectivity index (χ1v) is 8.63. The Morgan fingerprint density at radius 2 is 1.81 bits per heavy atom. The number of aromatic nitrogens is 4. The number of likely N-dealkylation sites (N-methyl/N-ethyl adjacent to an activating group) is 1. The topological polar surface area (TPSA) is 55.6 Å². The molecule has 1 N–H and O–H groups in total. The molecular formula is C16H27N5. The van der Waals surface area contributed by atoms with E-state index in [1.807, 2.05) is 7.05 Å². The average Bonchev–Trinajstić information content (AvgIpc) is 2.82. The number of hydrogen-bond donors (Lipinski definition) is 1. The van der Waals surface area contributed by atoms with Gasteiger partial charge in [0.2, 0.25) is 0 Å². The zero-order chi connectivity index (χ0) is 14.4. The smallest absolute Gasteiger partial charge is 0.176 e. The second kappa shape index (κ2) is 5.04. The van der Waals surface area contributed by atoms with Crippen molar-refractivity contribution in [1.82, 2.24) is 25.5 Å². The molecule has 1 unspecified atom stereocenters. The lowest BCUT2D eigenvalue weighted by Gasteiger charge is -2.59. The first-order valence-electron chi connectivity index (χ1n) is 8.63. The lowest BCUT2D eigenvalue weighted by Crippen LogP contribution is -2.56. The van der Waals surface area contributed by atoms with Crippen LogP contribution in [-0.2, 0) is 13.5 Å². The van der Waals surface area contributed by atoms with Crippen LogP contribution in [0.1, 0.15) is 51.3 Å². The second-order valence-corrected chi connectivity index (χ2v) is 7.79. The SMILES string of the molecule is CCNC(Cc1nnn(C)n1)C12CC3CC(CC(C3)C1)C2. The van der Waals surface area contributed by atoms with Crippen LogP contribution < -0.4 is 5.32 Å². The zero-order valence-electron chi connectivity index (χ0n) is 13.3. The van der Waals surface area contributed by atoms with E-state index in [1.54, 1.807) is 4.80 Å². The normalized spacial score (nSPS) is 38.9. The minimum atomic E-state index is 0.504. The molecule has 1 heterocycles. The molecule has 0 aromatic carbocycles. The summed E-state index contributed by atoms with van der Waals surface area (Å²) in [6, 6.07) is 0.528. The molecule has 0 aliphatic heterocycles. The molecule has 116 valence electrons. The average molecular weight is 289 g/mol. The van der Waals surface area contributed by atoms with Crippen molar-refractivity contribution in [3.8, 4) is 0 Å². The van der Waals surface area contributed by atoms with E-state index in [4.69, 9.17) is 0 Å².